The van der Waals surface area contributed by atoms with Gasteiger partial charge >= 0.3 is 6.05 Å². The maximum Gasteiger partial charge on any atom is 0.352 e. The number of carbonyl (C=O) groups excluding carboxylic acids is 1. The Morgan fingerprint density at radius 3 is 2.73 bits per heavy atom. The zero-order valence-electron chi connectivity index (χ0n) is 11.9. The van der Waals surface area contributed by atoms with Crippen LogP contribution in [0, 0.1) is 6.92 Å². The second-order valence-corrected chi connectivity index (χ2v) is 4.66. The third-order valence-electron chi connectivity index (χ3n) is 2.79. The lowest BCUT2D eigenvalue weighted by atomic mass is 10.1. The van der Waals surface area contributed by atoms with Gasteiger partial charge in [-0.15, -0.1) is 0 Å². The molecule has 0 saturated carbocycles. The van der Waals surface area contributed by atoms with Crippen LogP contribution in [0.15, 0.2) is 53.6 Å². The van der Waals surface area contributed by atoms with Crippen LogP contribution in [-0.2, 0) is 15.6 Å². The van der Waals surface area contributed by atoms with Crippen LogP contribution in [0.25, 0.3) is 0 Å². The Morgan fingerprint density at radius 1 is 1.41 bits per heavy atom. The van der Waals surface area contributed by atoms with Crippen molar-refractivity contribution in [1.82, 2.24) is 10.6 Å². The molecule has 1 aromatic carbocycles. The van der Waals surface area contributed by atoms with Gasteiger partial charge in [0.25, 0.3) is 5.91 Å². The minimum Gasteiger partial charge on any atom is -0.469 e. The lowest BCUT2D eigenvalue weighted by Gasteiger charge is -2.19. The Morgan fingerprint density at radius 2 is 2.09 bits per heavy atom. The molecule has 0 aliphatic carbocycles. The molecule has 0 radical (unpaired) electrons. The van der Waals surface area contributed by atoms with Gasteiger partial charge in [-0.25, -0.2) is 4.99 Å². The molecule has 2 rings (SSSR count). The lowest BCUT2D eigenvalue weighted by Crippen LogP contribution is -2.41. The van der Waals surface area contributed by atoms with E-state index >= 15 is 0 Å². The van der Waals surface area contributed by atoms with E-state index < -0.39 is 18.6 Å². The molecule has 7 heteroatoms. The van der Waals surface area contributed by atoms with Gasteiger partial charge in [-0.3, -0.25) is 10.1 Å². The first-order valence-electron chi connectivity index (χ1n) is 6.46. The van der Waals surface area contributed by atoms with E-state index in [9.17, 15) is 13.6 Å². The average Bonchev–Trinajstić information content (AvgIpc) is 2.45. The number of alkyl halides is 2. The SMILES string of the molecule is C=C1N=CC=C(OCC(=O)NC(F)(F)c2ccc(C)cc2)N1. The van der Waals surface area contributed by atoms with Crippen molar-refractivity contribution in [1.29, 1.82) is 0 Å². The van der Waals surface area contributed by atoms with Gasteiger partial charge in [0.15, 0.2) is 12.5 Å². The molecular weight excluding hydrogens is 292 g/mol. The molecule has 1 aromatic rings. The smallest absolute Gasteiger partial charge is 0.352 e. The van der Waals surface area contributed by atoms with Crippen molar-refractivity contribution in [2.45, 2.75) is 13.0 Å². The summed E-state index contributed by atoms with van der Waals surface area (Å²) in [5, 5.41) is 4.29. The van der Waals surface area contributed by atoms with Gasteiger partial charge in [0, 0.05) is 17.9 Å². The number of aryl methyl sites for hydroxylation is 1. The van der Waals surface area contributed by atoms with Gasteiger partial charge in [0.1, 0.15) is 5.82 Å². The number of nitrogens with one attached hydrogen (secondary N) is 2. The fourth-order valence-corrected chi connectivity index (χ4v) is 1.68. The van der Waals surface area contributed by atoms with E-state index in [1.165, 1.54) is 24.4 Å². The molecular formula is C15H15F2N3O2. The number of halogens is 2. The van der Waals surface area contributed by atoms with Crippen molar-refractivity contribution >= 4 is 12.1 Å². The number of hydrogen-bond donors (Lipinski definition) is 2. The van der Waals surface area contributed by atoms with Gasteiger partial charge < -0.3 is 10.1 Å². The number of nitrogens with zero attached hydrogens (tertiary/aromatic N) is 1. The summed E-state index contributed by atoms with van der Waals surface area (Å²) in [5.41, 5.74) is 0.563. The normalized spacial score (nSPS) is 14.1. The Bertz CT molecular complexity index is 637. The molecule has 2 N–H and O–H groups in total. The summed E-state index contributed by atoms with van der Waals surface area (Å²) in [6.07, 6.45) is 2.88. The van der Waals surface area contributed by atoms with E-state index in [1.807, 2.05) is 0 Å². The summed E-state index contributed by atoms with van der Waals surface area (Å²) < 4.78 is 32.9. The first-order valence-corrected chi connectivity index (χ1v) is 6.46. The highest BCUT2D eigenvalue weighted by atomic mass is 19.3. The summed E-state index contributed by atoms with van der Waals surface area (Å²) in [6.45, 7) is 4.78. The van der Waals surface area contributed by atoms with Crippen LogP contribution in [0.3, 0.4) is 0 Å². The highest BCUT2D eigenvalue weighted by Crippen LogP contribution is 2.24. The molecule has 0 saturated heterocycles. The van der Waals surface area contributed by atoms with Crippen molar-refractivity contribution in [2.24, 2.45) is 4.99 Å². The Balaban J connectivity index is 1.90. The topological polar surface area (TPSA) is 62.7 Å². The highest BCUT2D eigenvalue weighted by Gasteiger charge is 2.33. The number of rotatable bonds is 5. The van der Waals surface area contributed by atoms with Crippen molar-refractivity contribution in [2.75, 3.05) is 6.61 Å². The second-order valence-electron chi connectivity index (χ2n) is 4.66. The monoisotopic (exact) mass is 307 g/mol. The Kier molecular flexibility index (Phi) is 4.55. The summed E-state index contributed by atoms with van der Waals surface area (Å²) in [5.74, 6) is -0.391. The van der Waals surface area contributed by atoms with Crippen molar-refractivity contribution < 1.29 is 18.3 Å². The van der Waals surface area contributed by atoms with Gasteiger partial charge in [0.05, 0.1) is 0 Å². The molecule has 1 amide bonds. The third-order valence-corrected chi connectivity index (χ3v) is 2.79. The molecule has 116 valence electrons. The van der Waals surface area contributed by atoms with Gasteiger partial charge in [-0.05, 0) is 6.92 Å². The standard InChI is InChI=1S/C15H15F2N3O2/c1-10-3-5-12(6-4-10)15(16,17)20-13(21)9-22-14-7-8-18-11(2)19-14/h3-8,19H,2,9H2,1H3,(H,20,21). The summed E-state index contributed by atoms with van der Waals surface area (Å²) in [7, 11) is 0. The minimum absolute atomic E-state index is 0.216. The Labute approximate surface area is 126 Å². The van der Waals surface area contributed by atoms with E-state index in [0.717, 1.165) is 5.56 Å². The minimum atomic E-state index is -3.46. The predicted octanol–water partition coefficient (Wildman–Crippen LogP) is 2.16. The largest absolute Gasteiger partial charge is 0.469 e. The Hall–Kier alpha value is -2.70. The zero-order chi connectivity index (χ0) is 16.2. The van der Waals surface area contributed by atoms with Crippen molar-refractivity contribution in [3.8, 4) is 0 Å². The maximum atomic E-state index is 13.9. The van der Waals surface area contributed by atoms with E-state index in [-0.39, 0.29) is 11.4 Å². The number of amides is 1. The molecule has 22 heavy (non-hydrogen) atoms. The predicted molar refractivity (Wildman–Crippen MR) is 78.0 cm³/mol. The molecule has 0 bridgehead atoms. The van der Waals surface area contributed by atoms with Crippen molar-refractivity contribution in [3.63, 3.8) is 0 Å². The molecule has 0 spiro atoms. The van der Waals surface area contributed by atoms with Crippen LogP contribution < -0.4 is 10.6 Å². The van der Waals surface area contributed by atoms with E-state index in [0.29, 0.717) is 5.82 Å². The zero-order valence-corrected chi connectivity index (χ0v) is 11.9. The number of aliphatic imine (C=N–C) groups is 1. The van der Waals surface area contributed by atoms with E-state index in [1.54, 1.807) is 24.4 Å². The second kappa shape index (κ2) is 6.38. The quantitative estimate of drug-likeness (QED) is 0.820. The molecule has 1 heterocycles. The summed E-state index contributed by atoms with van der Waals surface area (Å²) in [6, 6.07) is 2.17. The number of allylic oxidation sites excluding steroid dienone is 1. The van der Waals surface area contributed by atoms with Crippen LogP contribution >= 0.6 is 0 Å². The van der Waals surface area contributed by atoms with Crippen LogP contribution in [0.4, 0.5) is 8.78 Å². The molecule has 0 unspecified atom stereocenters. The fraction of sp³-hybridized carbons (Fsp3) is 0.200. The maximum absolute atomic E-state index is 13.9. The number of ether oxygens (including phenoxy) is 1. The van der Waals surface area contributed by atoms with Gasteiger partial charge in [-0.2, -0.15) is 8.78 Å². The molecule has 0 atom stereocenters. The lowest BCUT2D eigenvalue weighted by molar-refractivity contribution is -0.137. The molecule has 5 nitrogen and oxygen atoms in total. The number of hydrogen-bond acceptors (Lipinski definition) is 4. The van der Waals surface area contributed by atoms with E-state index in [2.05, 4.69) is 16.9 Å². The highest BCUT2D eigenvalue weighted by molar-refractivity contribution is 5.78. The van der Waals surface area contributed by atoms with Crippen LogP contribution in [-0.4, -0.2) is 18.7 Å². The number of benzene rings is 1. The molecule has 1 aliphatic heterocycles. The summed E-state index contributed by atoms with van der Waals surface area (Å²) in [4.78, 5) is 15.4. The third kappa shape index (κ3) is 4.15. The van der Waals surface area contributed by atoms with Crippen LogP contribution in [0.5, 0.6) is 0 Å². The fourth-order valence-electron chi connectivity index (χ4n) is 1.68. The molecule has 0 aromatic heterocycles. The first-order chi connectivity index (χ1) is 10.4. The number of carbonyl (C=O) groups is 1. The molecule has 1 aliphatic rings. The van der Waals surface area contributed by atoms with Crippen molar-refractivity contribution in [3.05, 3.63) is 59.8 Å². The first kappa shape index (κ1) is 15.7. The van der Waals surface area contributed by atoms with Crippen LogP contribution in [0.1, 0.15) is 11.1 Å². The summed E-state index contributed by atoms with van der Waals surface area (Å²) >= 11 is 0. The van der Waals surface area contributed by atoms with Crippen LogP contribution in [0.2, 0.25) is 0 Å². The average molecular weight is 307 g/mol. The molecule has 0 fully saturated rings. The van der Waals surface area contributed by atoms with E-state index in [4.69, 9.17) is 4.74 Å². The van der Waals surface area contributed by atoms with Gasteiger partial charge in [0.2, 0.25) is 0 Å². The van der Waals surface area contributed by atoms with Gasteiger partial charge in [-0.1, -0.05) is 36.4 Å².